The van der Waals surface area contributed by atoms with Crippen molar-refractivity contribution in [2.45, 2.75) is 44.2 Å². The lowest BCUT2D eigenvalue weighted by Gasteiger charge is -2.31. The van der Waals surface area contributed by atoms with Crippen molar-refractivity contribution in [3.05, 3.63) is 0 Å². The van der Waals surface area contributed by atoms with Crippen LogP contribution in [0.4, 0.5) is 4.79 Å². The van der Waals surface area contributed by atoms with E-state index in [0.717, 1.165) is 38.8 Å². The fourth-order valence-corrected chi connectivity index (χ4v) is 2.36. The minimum Gasteiger partial charge on any atom is -0.335 e. The summed E-state index contributed by atoms with van der Waals surface area (Å²) in [5, 5.41) is 6.26. The van der Waals surface area contributed by atoms with Crippen LogP contribution in [-0.2, 0) is 0 Å². The summed E-state index contributed by atoms with van der Waals surface area (Å²) < 4.78 is 0. The highest BCUT2D eigenvalue weighted by atomic mass is 16.2. The number of likely N-dealkylation sites (N-methyl/N-ethyl adjacent to an activating group) is 1. The van der Waals surface area contributed by atoms with Crippen LogP contribution in [0.3, 0.4) is 0 Å². The Kier molecular flexibility index (Phi) is 3.46. The third kappa shape index (κ3) is 2.43. The van der Waals surface area contributed by atoms with Gasteiger partial charge in [0.05, 0.1) is 0 Å². The van der Waals surface area contributed by atoms with E-state index in [1.165, 1.54) is 6.42 Å². The average molecular weight is 211 g/mol. The summed E-state index contributed by atoms with van der Waals surface area (Å²) in [7, 11) is 1.94. The molecule has 0 aromatic rings. The maximum Gasteiger partial charge on any atom is 0.317 e. The monoisotopic (exact) mass is 211 g/mol. The van der Waals surface area contributed by atoms with Crippen molar-refractivity contribution in [2.24, 2.45) is 0 Å². The number of nitrogens with zero attached hydrogens (tertiary/aromatic N) is 1. The molecule has 1 saturated carbocycles. The van der Waals surface area contributed by atoms with Gasteiger partial charge in [0.25, 0.3) is 0 Å². The second kappa shape index (κ2) is 4.84. The summed E-state index contributed by atoms with van der Waals surface area (Å²) in [6, 6.07) is 1.00. The lowest BCUT2D eigenvalue weighted by Crippen LogP contribution is -2.50. The molecule has 2 amide bonds. The molecule has 2 N–H and O–H groups in total. The highest BCUT2D eigenvalue weighted by molar-refractivity contribution is 5.75. The molecule has 4 nitrogen and oxygen atoms in total. The van der Waals surface area contributed by atoms with Crippen molar-refractivity contribution in [2.75, 3.05) is 20.1 Å². The molecule has 2 fully saturated rings. The van der Waals surface area contributed by atoms with E-state index in [4.69, 9.17) is 0 Å². The summed E-state index contributed by atoms with van der Waals surface area (Å²) in [5.74, 6) is 0. The van der Waals surface area contributed by atoms with Crippen LogP contribution < -0.4 is 10.6 Å². The van der Waals surface area contributed by atoms with E-state index in [-0.39, 0.29) is 6.03 Å². The van der Waals surface area contributed by atoms with Crippen LogP contribution in [0.25, 0.3) is 0 Å². The number of carbonyl (C=O) groups excluding carboxylic acids is 1. The van der Waals surface area contributed by atoms with E-state index in [2.05, 4.69) is 10.6 Å². The van der Waals surface area contributed by atoms with Crippen LogP contribution in [0.15, 0.2) is 0 Å². The molecule has 0 spiro atoms. The van der Waals surface area contributed by atoms with Crippen molar-refractivity contribution in [1.29, 1.82) is 0 Å². The van der Waals surface area contributed by atoms with Gasteiger partial charge >= 0.3 is 6.03 Å². The van der Waals surface area contributed by atoms with Crippen LogP contribution in [0, 0.1) is 0 Å². The van der Waals surface area contributed by atoms with Gasteiger partial charge in [0.1, 0.15) is 0 Å². The molecule has 1 aliphatic heterocycles. The number of amides is 2. The molecule has 0 aromatic carbocycles. The highest BCUT2D eigenvalue weighted by Crippen LogP contribution is 2.21. The zero-order valence-electron chi connectivity index (χ0n) is 9.46. The molecule has 0 radical (unpaired) electrons. The zero-order valence-corrected chi connectivity index (χ0v) is 9.46. The van der Waals surface area contributed by atoms with E-state index in [1.807, 2.05) is 11.9 Å². The highest BCUT2D eigenvalue weighted by Gasteiger charge is 2.30. The molecule has 1 atom stereocenters. The Labute approximate surface area is 91.4 Å². The van der Waals surface area contributed by atoms with E-state index < -0.39 is 0 Å². The van der Waals surface area contributed by atoms with Gasteiger partial charge in [0, 0.05) is 25.2 Å². The number of carbonyl (C=O) groups is 1. The number of likely N-dealkylation sites (tertiary alicyclic amines) is 1. The largest absolute Gasteiger partial charge is 0.335 e. The van der Waals surface area contributed by atoms with Crippen molar-refractivity contribution in [3.63, 3.8) is 0 Å². The molecule has 0 bridgehead atoms. The quantitative estimate of drug-likeness (QED) is 0.729. The first kappa shape index (κ1) is 10.7. The Balaban J connectivity index is 1.81. The zero-order chi connectivity index (χ0) is 10.7. The van der Waals surface area contributed by atoms with Gasteiger partial charge in [0.15, 0.2) is 0 Å². The number of hydrogen-bond acceptors (Lipinski definition) is 2. The fourth-order valence-electron chi connectivity index (χ4n) is 2.36. The van der Waals surface area contributed by atoms with Crippen LogP contribution in [0.5, 0.6) is 0 Å². The minimum atomic E-state index is 0.150. The Hall–Kier alpha value is -0.770. The van der Waals surface area contributed by atoms with Gasteiger partial charge in [-0.1, -0.05) is 0 Å². The first-order valence-electron chi connectivity index (χ1n) is 6.03. The minimum absolute atomic E-state index is 0.150. The Morgan fingerprint density at radius 3 is 2.73 bits per heavy atom. The van der Waals surface area contributed by atoms with Gasteiger partial charge in [0.2, 0.25) is 0 Å². The lowest BCUT2D eigenvalue weighted by atomic mass is 9.93. The van der Waals surface area contributed by atoms with Gasteiger partial charge in [-0.05, 0) is 39.2 Å². The predicted molar refractivity (Wildman–Crippen MR) is 59.8 cm³/mol. The Morgan fingerprint density at radius 1 is 1.33 bits per heavy atom. The summed E-state index contributed by atoms with van der Waals surface area (Å²) in [6.45, 7) is 1.84. The van der Waals surface area contributed by atoms with E-state index >= 15 is 0 Å². The topological polar surface area (TPSA) is 44.4 Å². The van der Waals surface area contributed by atoms with Gasteiger partial charge in [-0.2, -0.15) is 0 Å². The normalized spacial score (nSPS) is 26.5. The molecule has 2 aliphatic rings. The smallest absolute Gasteiger partial charge is 0.317 e. The molecule has 15 heavy (non-hydrogen) atoms. The molecule has 4 heteroatoms. The van der Waals surface area contributed by atoms with Crippen LogP contribution >= 0.6 is 0 Å². The number of rotatable bonds is 3. The van der Waals surface area contributed by atoms with Gasteiger partial charge in [-0.3, -0.25) is 0 Å². The first-order chi connectivity index (χ1) is 7.31. The predicted octanol–water partition coefficient (Wildman–Crippen LogP) is 0.932. The SMILES string of the molecule is CNCC1CCCN1C(=O)NC1CCC1. The number of nitrogens with one attached hydrogen (secondary N) is 2. The summed E-state index contributed by atoms with van der Waals surface area (Å²) in [6.07, 6.45) is 5.88. The van der Waals surface area contributed by atoms with Crippen LogP contribution in [0.1, 0.15) is 32.1 Å². The Morgan fingerprint density at radius 2 is 2.13 bits per heavy atom. The third-order valence-electron chi connectivity index (χ3n) is 3.51. The molecule has 86 valence electrons. The first-order valence-corrected chi connectivity index (χ1v) is 6.03. The number of urea groups is 1. The molecule has 1 aliphatic carbocycles. The molecular weight excluding hydrogens is 190 g/mol. The number of hydrogen-bond donors (Lipinski definition) is 2. The lowest BCUT2D eigenvalue weighted by molar-refractivity contribution is 0.181. The maximum atomic E-state index is 11.9. The summed E-state index contributed by atoms with van der Waals surface area (Å²) >= 11 is 0. The molecule has 2 rings (SSSR count). The van der Waals surface area contributed by atoms with Crippen LogP contribution in [-0.4, -0.2) is 43.2 Å². The van der Waals surface area contributed by atoms with E-state index in [1.54, 1.807) is 0 Å². The van der Waals surface area contributed by atoms with Gasteiger partial charge in [-0.15, -0.1) is 0 Å². The van der Waals surface area contributed by atoms with Crippen molar-refractivity contribution in [3.8, 4) is 0 Å². The fraction of sp³-hybridized carbons (Fsp3) is 0.909. The van der Waals surface area contributed by atoms with Gasteiger partial charge in [-0.25, -0.2) is 4.79 Å². The van der Waals surface area contributed by atoms with E-state index in [0.29, 0.717) is 12.1 Å². The second-order valence-electron chi connectivity index (χ2n) is 4.62. The average Bonchev–Trinajstić information content (AvgIpc) is 2.60. The van der Waals surface area contributed by atoms with Crippen molar-refractivity contribution >= 4 is 6.03 Å². The van der Waals surface area contributed by atoms with Gasteiger partial charge < -0.3 is 15.5 Å². The third-order valence-corrected chi connectivity index (χ3v) is 3.51. The molecule has 1 saturated heterocycles. The van der Waals surface area contributed by atoms with E-state index in [9.17, 15) is 4.79 Å². The van der Waals surface area contributed by atoms with Crippen molar-refractivity contribution < 1.29 is 4.79 Å². The van der Waals surface area contributed by atoms with Crippen molar-refractivity contribution in [1.82, 2.24) is 15.5 Å². The summed E-state index contributed by atoms with van der Waals surface area (Å²) in [4.78, 5) is 13.9. The summed E-state index contributed by atoms with van der Waals surface area (Å²) in [5.41, 5.74) is 0. The maximum absolute atomic E-state index is 11.9. The van der Waals surface area contributed by atoms with Crippen LogP contribution in [0.2, 0.25) is 0 Å². The standard InChI is InChI=1S/C11H21N3O/c1-12-8-10-6-3-7-14(10)11(15)13-9-4-2-5-9/h9-10,12H,2-8H2,1H3,(H,13,15). The Bertz CT molecular complexity index is 228. The molecule has 1 unspecified atom stereocenters. The second-order valence-corrected chi connectivity index (χ2v) is 4.62. The molecule has 0 aromatic heterocycles. The molecule has 1 heterocycles. The molecular formula is C11H21N3O.